The van der Waals surface area contributed by atoms with Crippen LogP contribution in [0, 0.1) is 32.4 Å². The van der Waals surface area contributed by atoms with Crippen LogP contribution in [-0.4, -0.2) is 0 Å². The van der Waals surface area contributed by atoms with E-state index in [1.807, 2.05) is 19.9 Å². The summed E-state index contributed by atoms with van der Waals surface area (Å²) in [6, 6.07) is 7.19. The summed E-state index contributed by atoms with van der Waals surface area (Å²) in [6.07, 6.45) is 0. The van der Waals surface area contributed by atoms with E-state index >= 15 is 0 Å². The lowest BCUT2D eigenvalue weighted by atomic mass is 9.93. The Hall–Kier alpha value is -1.74. The topological polar surface area (TPSA) is 26.0 Å². The fraction of sp³-hybridized carbons (Fsp3) is 0.250. The van der Waals surface area contributed by atoms with Gasteiger partial charge in [-0.2, -0.15) is 0 Å². The van der Waals surface area contributed by atoms with Crippen LogP contribution < -0.4 is 5.73 Å². The molecule has 0 aliphatic rings. The number of hydrogen-bond donors (Lipinski definition) is 1. The van der Waals surface area contributed by atoms with Gasteiger partial charge >= 0.3 is 0 Å². The molecule has 1 unspecified atom stereocenters. The lowest BCUT2D eigenvalue weighted by molar-refractivity contribution is 0.573. The maximum absolute atomic E-state index is 14.1. The van der Waals surface area contributed by atoms with Gasteiger partial charge in [0.1, 0.15) is 11.6 Å². The van der Waals surface area contributed by atoms with E-state index in [9.17, 15) is 8.78 Å². The van der Waals surface area contributed by atoms with Crippen LogP contribution in [0.5, 0.6) is 0 Å². The van der Waals surface area contributed by atoms with Gasteiger partial charge in [-0.1, -0.05) is 23.8 Å². The first-order valence-electron chi connectivity index (χ1n) is 6.18. The minimum Gasteiger partial charge on any atom is -0.320 e. The fourth-order valence-corrected chi connectivity index (χ4v) is 2.38. The molecule has 0 saturated carbocycles. The van der Waals surface area contributed by atoms with Gasteiger partial charge in [0.05, 0.1) is 6.04 Å². The molecule has 0 heterocycles. The molecule has 0 radical (unpaired) electrons. The van der Waals surface area contributed by atoms with Gasteiger partial charge in [-0.3, -0.25) is 0 Å². The molecule has 0 bridgehead atoms. The first kappa shape index (κ1) is 13.7. The van der Waals surface area contributed by atoms with E-state index < -0.39 is 11.9 Å². The average Bonchev–Trinajstić information content (AvgIpc) is 2.30. The predicted octanol–water partition coefficient (Wildman–Crippen LogP) is 3.94. The van der Waals surface area contributed by atoms with Crippen molar-refractivity contribution in [1.29, 1.82) is 0 Å². The van der Waals surface area contributed by atoms with Crippen LogP contribution in [0.1, 0.15) is 33.9 Å². The molecule has 1 nitrogen and oxygen atoms in total. The lowest BCUT2D eigenvalue weighted by Crippen LogP contribution is -2.17. The van der Waals surface area contributed by atoms with Gasteiger partial charge in [0, 0.05) is 11.1 Å². The van der Waals surface area contributed by atoms with Gasteiger partial charge in [0.15, 0.2) is 0 Å². The lowest BCUT2D eigenvalue weighted by Gasteiger charge is -2.18. The highest BCUT2D eigenvalue weighted by molar-refractivity contribution is 5.41. The van der Waals surface area contributed by atoms with Crippen molar-refractivity contribution in [2.45, 2.75) is 26.8 Å². The van der Waals surface area contributed by atoms with Crippen molar-refractivity contribution in [3.05, 3.63) is 69.8 Å². The fourth-order valence-electron chi connectivity index (χ4n) is 2.38. The first-order valence-corrected chi connectivity index (χ1v) is 6.18. The quantitative estimate of drug-likeness (QED) is 0.870. The number of halogens is 2. The summed E-state index contributed by atoms with van der Waals surface area (Å²) in [6.45, 7) is 5.46. The molecule has 2 N–H and O–H groups in total. The van der Waals surface area contributed by atoms with Crippen molar-refractivity contribution in [2.75, 3.05) is 0 Å². The number of benzene rings is 2. The first-order chi connectivity index (χ1) is 8.90. The molecule has 0 spiro atoms. The molecular weight excluding hydrogens is 244 g/mol. The molecule has 2 rings (SSSR count). The van der Waals surface area contributed by atoms with Crippen molar-refractivity contribution in [3.8, 4) is 0 Å². The molecule has 1 atom stereocenters. The number of aryl methyl sites for hydroxylation is 3. The second-order valence-electron chi connectivity index (χ2n) is 4.98. The van der Waals surface area contributed by atoms with Crippen LogP contribution in [0.25, 0.3) is 0 Å². The summed E-state index contributed by atoms with van der Waals surface area (Å²) in [5, 5.41) is 0. The van der Waals surface area contributed by atoms with Gasteiger partial charge in [-0.15, -0.1) is 0 Å². The summed E-state index contributed by atoms with van der Waals surface area (Å²) in [7, 11) is 0. The van der Waals surface area contributed by atoms with E-state index in [1.54, 1.807) is 19.1 Å². The van der Waals surface area contributed by atoms with Crippen molar-refractivity contribution >= 4 is 0 Å². The van der Waals surface area contributed by atoms with Crippen LogP contribution in [0.3, 0.4) is 0 Å². The molecule has 2 aromatic rings. The maximum Gasteiger partial charge on any atom is 0.128 e. The van der Waals surface area contributed by atoms with Crippen molar-refractivity contribution in [1.82, 2.24) is 0 Å². The predicted molar refractivity (Wildman–Crippen MR) is 73.0 cm³/mol. The number of hydrogen-bond acceptors (Lipinski definition) is 1. The molecule has 19 heavy (non-hydrogen) atoms. The Morgan fingerprint density at radius 1 is 0.895 bits per heavy atom. The Morgan fingerprint density at radius 3 is 2.21 bits per heavy atom. The highest BCUT2D eigenvalue weighted by Crippen LogP contribution is 2.28. The Labute approximate surface area is 112 Å². The van der Waals surface area contributed by atoms with Crippen LogP contribution in [0.4, 0.5) is 8.78 Å². The summed E-state index contributed by atoms with van der Waals surface area (Å²) in [5.41, 5.74) is 9.21. The van der Waals surface area contributed by atoms with E-state index in [2.05, 4.69) is 0 Å². The van der Waals surface area contributed by atoms with Gasteiger partial charge in [-0.25, -0.2) is 8.78 Å². The highest BCUT2D eigenvalue weighted by Gasteiger charge is 2.19. The Kier molecular flexibility index (Phi) is 3.67. The van der Waals surface area contributed by atoms with E-state index in [4.69, 9.17) is 5.73 Å². The zero-order valence-electron chi connectivity index (χ0n) is 11.3. The molecule has 0 fully saturated rings. The Morgan fingerprint density at radius 2 is 1.58 bits per heavy atom. The number of rotatable bonds is 2. The zero-order chi connectivity index (χ0) is 14.2. The van der Waals surface area contributed by atoms with Crippen LogP contribution >= 0.6 is 0 Å². The van der Waals surface area contributed by atoms with E-state index in [0.29, 0.717) is 11.1 Å². The molecule has 2 aromatic carbocycles. The van der Waals surface area contributed by atoms with Crippen LogP contribution in [0.2, 0.25) is 0 Å². The summed E-state index contributed by atoms with van der Waals surface area (Å²) in [4.78, 5) is 0. The third-order valence-corrected chi connectivity index (χ3v) is 3.28. The molecule has 0 amide bonds. The molecule has 0 aromatic heterocycles. The van der Waals surface area contributed by atoms with E-state index in [-0.39, 0.29) is 5.82 Å². The molecule has 3 heteroatoms. The van der Waals surface area contributed by atoms with Gasteiger partial charge < -0.3 is 5.73 Å². The summed E-state index contributed by atoms with van der Waals surface area (Å²) in [5.74, 6) is -0.789. The average molecular weight is 261 g/mol. The second-order valence-corrected chi connectivity index (χ2v) is 4.98. The van der Waals surface area contributed by atoms with Gasteiger partial charge in [0.25, 0.3) is 0 Å². The highest BCUT2D eigenvalue weighted by atomic mass is 19.1. The molecule has 100 valence electrons. The Bertz CT molecular complexity index is 597. The van der Waals surface area contributed by atoms with Crippen LogP contribution in [-0.2, 0) is 0 Å². The van der Waals surface area contributed by atoms with E-state index in [1.165, 1.54) is 12.1 Å². The summed E-state index contributed by atoms with van der Waals surface area (Å²) >= 11 is 0. The molecule has 0 saturated heterocycles. The molecule has 0 aliphatic carbocycles. The zero-order valence-corrected chi connectivity index (χ0v) is 11.3. The van der Waals surface area contributed by atoms with Crippen LogP contribution in [0.15, 0.2) is 30.3 Å². The van der Waals surface area contributed by atoms with Crippen molar-refractivity contribution < 1.29 is 8.78 Å². The third kappa shape index (κ3) is 2.66. The smallest absolute Gasteiger partial charge is 0.128 e. The molecule has 0 aliphatic heterocycles. The third-order valence-electron chi connectivity index (χ3n) is 3.28. The summed E-state index contributed by atoms with van der Waals surface area (Å²) < 4.78 is 27.9. The number of nitrogens with two attached hydrogens (primary N) is 1. The minimum absolute atomic E-state index is 0.325. The minimum atomic E-state index is -0.791. The van der Waals surface area contributed by atoms with Crippen molar-refractivity contribution in [3.63, 3.8) is 0 Å². The SMILES string of the molecule is Cc1cc(C)c(C(N)c2cc(C)ccc2F)c(F)c1. The second kappa shape index (κ2) is 5.10. The Balaban J connectivity index is 2.56. The van der Waals surface area contributed by atoms with Crippen molar-refractivity contribution in [2.24, 2.45) is 5.73 Å². The maximum atomic E-state index is 14.1. The normalized spacial score (nSPS) is 12.5. The van der Waals surface area contributed by atoms with E-state index in [0.717, 1.165) is 16.7 Å². The largest absolute Gasteiger partial charge is 0.320 e. The monoisotopic (exact) mass is 261 g/mol. The van der Waals surface area contributed by atoms with Gasteiger partial charge in [0.2, 0.25) is 0 Å². The standard InChI is InChI=1S/C16H17F2N/c1-9-4-5-13(17)12(7-9)16(19)15-11(3)6-10(2)8-14(15)18/h4-8,16H,19H2,1-3H3. The van der Waals surface area contributed by atoms with Gasteiger partial charge in [-0.05, 0) is 44.0 Å². The molecular formula is C16H17F2N.